The lowest BCUT2D eigenvalue weighted by molar-refractivity contribution is 0.0922. The molecule has 1 saturated heterocycles. The molecule has 1 aromatic rings. The summed E-state index contributed by atoms with van der Waals surface area (Å²) in [6, 6.07) is 0.313. The van der Waals surface area contributed by atoms with Gasteiger partial charge in [-0.1, -0.05) is 19.3 Å². The fraction of sp³-hybridized carbons (Fsp3) is 0.733. The molecule has 1 amide bonds. The summed E-state index contributed by atoms with van der Waals surface area (Å²) < 4.78 is 5.50. The second-order valence-corrected chi connectivity index (χ2v) is 5.92. The Morgan fingerprint density at radius 3 is 2.85 bits per heavy atom. The first kappa shape index (κ1) is 13.6. The van der Waals surface area contributed by atoms with Crippen molar-refractivity contribution in [2.75, 3.05) is 13.1 Å². The minimum absolute atomic E-state index is 0.0873. The van der Waals surface area contributed by atoms with E-state index in [1.54, 1.807) is 0 Å². The van der Waals surface area contributed by atoms with Crippen molar-refractivity contribution in [1.29, 1.82) is 0 Å². The Morgan fingerprint density at radius 1 is 1.25 bits per heavy atom. The second kappa shape index (κ2) is 6.39. The highest BCUT2D eigenvalue weighted by Crippen LogP contribution is 2.23. The minimum Gasteiger partial charge on any atom is -0.448 e. The number of aromatic nitrogens is 1. The largest absolute Gasteiger partial charge is 0.448 e. The van der Waals surface area contributed by atoms with Crippen LogP contribution in [0.25, 0.3) is 0 Å². The molecule has 2 heterocycles. The molecule has 1 aliphatic carbocycles. The second-order valence-electron chi connectivity index (χ2n) is 5.92. The summed E-state index contributed by atoms with van der Waals surface area (Å²) in [7, 11) is 0. The number of rotatable bonds is 3. The van der Waals surface area contributed by atoms with Crippen LogP contribution >= 0.6 is 0 Å². The first-order chi connectivity index (χ1) is 9.83. The normalized spacial score (nSPS) is 24.5. The molecule has 2 aliphatic rings. The topological polar surface area (TPSA) is 67.2 Å². The van der Waals surface area contributed by atoms with Crippen molar-refractivity contribution < 1.29 is 9.21 Å². The van der Waals surface area contributed by atoms with Crippen LogP contribution in [0.4, 0.5) is 0 Å². The van der Waals surface area contributed by atoms with E-state index in [1.165, 1.54) is 25.5 Å². The quantitative estimate of drug-likeness (QED) is 0.889. The van der Waals surface area contributed by atoms with Crippen molar-refractivity contribution in [2.45, 2.75) is 56.9 Å². The van der Waals surface area contributed by atoms with Crippen LogP contribution in [-0.4, -0.2) is 30.0 Å². The Morgan fingerprint density at radius 2 is 2.10 bits per heavy atom. The zero-order valence-corrected chi connectivity index (χ0v) is 11.9. The summed E-state index contributed by atoms with van der Waals surface area (Å²) in [5, 5.41) is 6.41. The predicted octanol–water partition coefficient (Wildman–Crippen LogP) is 2.20. The SMILES string of the molecule is O=C(NC1CCCCC1)c1coc(C2CCCNC2)n1. The first-order valence-corrected chi connectivity index (χ1v) is 7.80. The maximum Gasteiger partial charge on any atom is 0.273 e. The van der Waals surface area contributed by atoms with Crippen molar-refractivity contribution in [1.82, 2.24) is 15.6 Å². The Labute approximate surface area is 119 Å². The molecule has 20 heavy (non-hydrogen) atoms. The van der Waals surface area contributed by atoms with E-state index < -0.39 is 0 Å². The third-order valence-electron chi connectivity index (χ3n) is 4.34. The molecule has 1 aliphatic heterocycles. The van der Waals surface area contributed by atoms with E-state index in [1.807, 2.05) is 0 Å². The lowest BCUT2D eigenvalue weighted by atomic mass is 9.95. The van der Waals surface area contributed by atoms with Crippen LogP contribution in [0.15, 0.2) is 10.7 Å². The van der Waals surface area contributed by atoms with Crippen LogP contribution in [0.5, 0.6) is 0 Å². The molecule has 2 fully saturated rings. The van der Waals surface area contributed by atoms with Gasteiger partial charge < -0.3 is 15.1 Å². The zero-order valence-electron chi connectivity index (χ0n) is 11.9. The number of hydrogen-bond donors (Lipinski definition) is 2. The van der Waals surface area contributed by atoms with Gasteiger partial charge in [0.2, 0.25) is 0 Å². The van der Waals surface area contributed by atoms with Crippen molar-refractivity contribution in [2.24, 2.45) is 0 Å². The minimum atomic E-state index is -0.0873. The number of oxazole rings is 1. The van der Waals surface area contributed by atoms with Crippen molar-refractivity contribution in [3.63, 3.8) is 0 Å². The van der Waals surface area contributed by atoms with Crippen LogP contribution in [0.3, 0.4) is 0 Å². The maximum atomic E-state index is 12.2. The van der Waals surface area contributed by atoms with Crippen LogP contribution in [-0.2, 0) is 0 Å². The van der Waals surface area contributed by atoms with E-state index >= 15 is 0 Å². The molecule has 0 bridgehead atoms. The highest BCUT2D eigenvalue weighted by atomic mass is 16.3. The van der Waals surface area contributed by atoms with Crippen molar-refractivity contribution in [3.05, 3.63) is 17.8 Å². The van der Waals surface area contributed by atoms with Gasteiger partial charge in [-0.2, -0.15) is 0 Å². The fourth-order valence-corrected chi connectivity index (χ4v) is 3.15. The molecule has 5 heteroatoms. The lowest BCUT2D eigenvalue weighted by Crippen LogP contribution is -2.36. The molecule has 5 nitrogen and oxygen atoms in total. The molecular weight excluding hydrogens is 254 g/mol. The van der Waals surface area contributed by atoms with Gasteiger partial charge in [-0.3, -0.25) is 4.79 Å². The van der Waals surface area contributed by atoms with E-state index in [4.69, 9.17) is 4.42 Å². The fourth-order valence-electron chi connectivity index (χ4n) is 3.15. The molecule has 110 valence electrons. The molecule has 1 unspecified atom stereocenters. The van der Waals surface area contributed by atoms with E-state index in [0.717, 1.165) is 38.8 Å². The molecule has 0 spiro atoms. The Hall–Kier alpha value is -1.36. The van der Waals surface area contributed by atoms with E-state index in [2.05, 4.69) is 15.6 Å². The third-order valence-corrected chi connectivity index (χ3v) is 4.34. The van der Waals surface area contributed by atoms with Gasteiger partial charge in [0.1, 0.15) is 6.26 Å². The zero-order chi connectivity index (χ0) is 13.8. The molecule has 3 rings (SSSR count). The number of carbonyl (C=O) groups excluding carboxylic acids is 1. The first-order valence-electron chi connectivity index (χ1n) is 7.80. The lowest BCUT2D eigenvalue weighted by Gasteiger charge is -2.22. The molecule has 1 saturated carbocycles. The van der Waals surface area contributed by atoms with Gasteiger partial charge in [-0.25, -0.2) is 4.98 Å². The maximum absolute atomic E-state index is 12.2. The number of carbonyl (C=O) groups is 1. The Balaban J connectivity index is 1.58. The number of amides is 1. The molecule has 1 aromatic heterocycles. The van der Waals surface area contributed by atoms with Gasteiger partial charge in [0.15, 0.2) is 11.6 Å². The van der Waals surface area contributed by atoms with E-state index in [9.17, 15) is 4.79 Å². The molecule has 1 atom stereocenters. The summed E-state index contributed by atoms with van der Waals surface area (Å²) in [5.74, 6) is 0.918. The predicted molar refractivity (Wildman–Crippen MR) is 75.7 cm³/mol. The van der Waals surface area contributed by atoms with Crippen LogP contribution in [0, 0.1) is 0 Å². The van der Waals surface area contributed by atoms with Gasteiger partial charge in [0, 0.05) is 18.5 Å². The average Bonchev–Trinajstić information content (AvgIpc) is 2.99. The monoisotopic (exact) mass is 277 g/mol. The molecule has 0 radical (unpaired) electrons. The van der Waals surface area contributed by atoms with Gasteiger partial charge in [-0.15, -0.1) is 0 Å². The number of hydrogen-bond acceptors (Lipinski definition) is 4. The van der Waals surface area contributed by atoms with Gasteiger partial charge in [0.25, 0.3) is 5.91 Å². The summed E-state index contributed by atoms with van der Waals surface area (Å²) in [5.41, 5.74) is 0.427. The van der Waals surface area contributed by atoms with Crippen LogP contribution in [0.1, 0.15) is 67.2 Å². The van der Waals surface area contributed by atoms with Crippen LogP contribution in [0.2, 0.25) is 0 Å². The van der Waals surface area contributed by atoms with Gasteiger partial charge in [-0.05, 0) is 32.2 Å². The van der Waals surface area contributed by atoms with Gasteiger partial charge >= 0.3 is 0 Å². The summed E-state index contributed by atoms with van der Waals surface area (Å²) in [6.07, 6.45) is 9.60. The Kier molecular flexibility index (Phi) is 4.35. The van der Waals surface area contributed by atoms with Crippen LogP contribution < -0.4 is 10.6 Å². The van der Waals surface area contributed by atoms with Crippen molar-refractivity contribution in [3.8, 4) is 0 Å². The standard InChI is InChI=1S/C15H23N3O2/c19-14(17-12-6-2-1-3-7-12)13-10-20-15(18-13)11-5-4-8-16-9-11/h10-12,16H,1-9H2,(H,17,19). The highest BCUT2D eigenvalue weighted by molar-refractivity contribution is 5.92. The number of piperidine rings is 1. The summed E-state index contributed by atoms with van der Waals surface area (Å²) >= 11 is 0. The molecule has 2 N–H and O–H groups in total. The third kappa shape index (κ3) is 3.20. The smallest absolute Gasteiger partial charge is 0.273 e. The summed E-state index contributed by atoms with van der Waals surface area (Å²) in [4.78, 5) is 16.5. The van der Waals surface area contributed by atoms with Crippen molar-refractivity contribution >= 4 is 5.91 Å². The molecule has 0 aromatic carbocycles. The molecular formula is C15H23N3O2. The van der Waals surface area contributed by atoms with Gasteiger partial charge in [0.05, 0.1) is 0 Å². The Bertz CT molecular complexity index is 446. The average molecular weight is 277 g/mol. The number of nitrogens with zero attached hydrogens (tertiary/aromatic N) is 1. The summed E-state index contributed by atoms with van der Waals surface area (Å²) in [6.45, 7) is 1.95. The van der Waals surface area contributed by atoms with E-state index in [0.29, 0.717) is 23.5 Å². The highest BCUT2D eigenvalue weighted by Gasteiger charge is 2.23. The number of nitrogens with one attached hydrogen (secondary N) is 2. The van der Waals surface area contributed by atoms with E-state index in [-0.39, 0.29) is 5.91 Å².